The highest BCUT2D eigenvalue weighted by atomic mass is 16.5. The number of amides is 4. The van der Waals surface area contributed by atoms with E-state index in [1.54, 1.807) is 44.2 Å². The number of ether oxygens (including phenoxy) is 2. The van der Waals surface area contributed by atoms with Gasteiger partial charge in [-0.3, -0.25) is 24.1 Å². The first-order chi connectivity index (χ1) is 26.0. The van der Waals surface area contributed by atoms with E-state index >= 15 is 0 Å². The van der Waals surface area contributed by atoms with Gasteiger partial charge < -0.3 is 35.2 Å². The van der Waals surface area contributed by atoms with Crippen LogP contribution >= 0.6 is 0 Å². The van der Waals surface area contributed by atoms with Gasteiger partial charge in [-0.05, 0) is 82.2 Å². The zero-order valence-electron chi connectivity index (χ0n) is 35.3. The van der Waals surface area contributed by atoms with E-state index in [0.717, 1.165) is 37.7 Å². The van der Waals surface area contributed by atoms with Crippen molar-refractivity contribution in [2.75, 3.05) is 54.7 Å². The van der Waals surface area contributed by atoms with Crippen LogP contribution in [0.15, 0.2) is 24.3 Å². The number of nitrogen functional groups attached to an aromatic ring is 1. The molecule has 1 aromatic carbocycles. The second kappa shape index (κ2) is 20.4. The molecule has 2 fully saturated rings. The summed E-state index contributed by atoms with van der Waals surface area (Å²) >= 11 is 0. The van der Waals surface area contributed by atoms with Crippen LogP contribution in [-0.2, 0) is 35.1 Å². The van der Waals surface area contributed by atoms with Crippen LogP contribution < -0.4 is 11.1 Å². The van der Waals surface area contributed by atoms with Gasteiger partial charge >= 0.3 is 0 Å². The number of nitrogens with two attached hydrogens (primary N) is 1. The van der Waals surface area contributed by atoms with E-state index in [4.69, 9.17) is 15.2 Å². The van der Waals surface area contributed by atoms with Crippen molar-refractivity contribution in [3.05, 3.63) is 29.8 Å². The summed E-state index contributed by atoms with van der Waals surface area (Å²) in [6.45, 7) is 10.3. The number of rotatable bonds is 20. The number of nitrogens with zero attached hydrogens (tertiary/aromatic N) is 5. The standard InChI is InChI=1S/C42H69N7O6/c1-12-28(4)37(48(9)40(52)36(27(2)3)45-41(53)42(46(6)7)20-15-21-42)34(54-10)26-35(50)49-23-14-18-33(49)38(55-11)29(5)39(51)47(8)32(19-22-43)25-30-16-13-17-31(44)24-30/h13,16-17,24,27-29,32-34,36-38H,12,14-15,18-21,23,25-26,44H2,1-11H3,(H,45,53)/t28-,29+,32+,33-,34+,36-,37-,38+/m0/s1. The second-order valence-corrected chi connectivity index (χ2v) is 16.5. The molecule has 3 N–H and O–H groups in total. The Labute approximate surface area is 330 Å². The highest BCUT2D eigenvalue weighted by molar-refractivity contribution is 5.93. The van der Waals surface area contributed by atoms with Crippen LogP contribution in [0.25, 0.3) is 0 Å². The van der Waals surface area contributed by atoms with Gasteiger partial charge in [-0.25, -0.2) is 0 Å². The van der Waals surface area contributed by atoms with E-state index in [-0.39, 0.29) is 60.4 Å². The third-order valence-electron chi connectivity index (χ3n) is 12.6. The number of hydrogen-bond acceptors (Lipinski definition) is 9. The molecule has 308 valence electrons. The lowest BCUT2D eigenvalue weighted by molar-refractivity contribution is -0.150. The molecular weight excluding hydrogens is 699 g/mol. The Kier molecular flexibility index (Phi) is 17.0. The predicted molar refractivity (Wildman–Crippen MR) is 215 cm³/mol. The first kappa shape index (κ1) is 45.7. The first-order valence-electron chi connectivity index (χ1n) is 20.1. The van der Waals surface area contributed by atoms with Crippen LogP contribution in [0.1, 0.15) is 91.5 Å². The Hall–Kier alpha value is -3.73. The molecular formula is C42H69N7O6. The summed E-state index contributed by atoms with van der Waals surface area (Å²) < 4.78 is 12.1. The maximum Gasteiger partial charge on any atom is 0.245 e. The quantitative estimate of drug-likeness (QED) is 0.186. The molecule has 3 rings (SSSR count). The molecule has 55 heavy (non-hydrogen) atoms. The number of carbonyl (C=O) groups is 4. The molecule has 2 aliphatic rings. The number of likely N-dealkylation sites (tertiary alicyclic amines) is 1. The van der Waals surface area contributed by atoms with E-state index in [2.05, 4.69) is 25.2 Å². The Balaban J connectivity index is 1.79. The molecule has 1 aliphatic carbocycles. The highest BCUT2D eigenvalue weighted by Crippen LogP contribution is 2.37. The zero-order valence-corrected chi connectivity index (χ0v) is 35.3. The van der Waals surface area contributed by atoms with Gasteiger partial charge in [-0.2, -0.15) is 5.26 Å². The van der Waals surface area contributed by atoms with E-state index in [0.29, 0.717) is 25.1 Å². The van der Waals surface area contributed by atoms with Crippen molar-refractivity contribution in [2.24, 2.45) is 17.8 Å². The molecule has 13 heteroatoms. The third kappa shape index (κ3) is 10.6. The highest BCUT2D eigenvalue weighted by Gasteiger charge is 2.48. The van der Waals surface area contributed by atoms with E-state index in [9.17, 15) is 24.4 Å². The summed E-state index contributed by atoms with van der Waals surface area (Å²) in [4.78, 5) is 63.3. The molecule has 1 aromatic rings. The minimum Gasteiger partial charge on any atom is -0.399 e. The number of hydrogen-bond donors (Lipinski definition) is 2. The Bertz CT molecular complexity index is 1490. The molecule has 1 heterocycles. The average molecular weight is 768 g/mol. The maximum absolute atomic E-state index is 14.3. The lowest BCUT2D eigenvalue weighted by Crippen LogP contribution is -2.65. The van der Waals surface area contributed by atoms with Gasteiger partial charge in [0, 0.05) is 46.6 Å². The van der Waals surface area contributed by atoms with E-state index in [1.807, 2.05) is 62.9 Å². The van der Waals surface area contributed by atoms with Gasteiger partial charge in [0.25, 0.3) is 0 Å². The first-order valence-corrected chi connectivity index (χ1v) is 20.1. The van der Waals surface area contributed by atoms with Crippen LogP contribution in [0.2, 0.25) is 0 Å². The van der Waals surface area contributed by atoms with Crippen LogP contribution in [0.4, 0.5) is 5.69 Å². The molecule has 1 aliphatic heterocycles. The second-order valence-electron chi connectivity index (χ2n) is 16.5. The molecule has 0 aromatic heterocycles. The number of nitriles is 1. The smallest absolute Gasteiger partial charge is 0.245 e. The zero-order chi connectivity index (χ0) is 41.2. The Morgan fingerprint density at radius 2 is 1.69 bits per heavy atom. The molecule has 8 atom stereocenters. The number of nitrogens with one attached hydrogen (secondary N) is 1. The molecule has 13 nitrogen and oxygen atoms in total. The molecule has 1 saturated carbocycles. The maximum atomic E-state index is 14.3. The summed E-state index contributed by atoms with van der Waals surface area (Å²) in [6, 6.07) is 7.79. The minimum absolute atomic E-state index is 0.0158. The fourth-order valence-electron chi connectivity index (χ4n) is 8.64. The summed E-state index contributed by atoms with van der Waals surface area (Å²) in [5, 5.41) is 12.7. The van der Waals surface area contributed by atoms with Crippen molar-refractivity contribution in [2.45, 2.75) is 134 Å². The largest absolute Gasteiger partial charge is 0.399 e. The van der Waals surface area contributed by atoms with Gasteiger partial charge in [-0.1, -0.05) is 53.2 Å². The SMILES string of the molecule is CC[C@H](C)[C@@H]([C@@H](CC(=O)N1CCC[C@H]1[C@H](OC)[C@@H](C)C(=O)N(C)[C@H](CC#N)Cc1cccc(N)c1)OC)N(C)C(=O)[C@@H](NC(=O)C1(N(C)C)CCC1)C(C)C. The number of benzene rings is 1. The van der Waals surface area contributed by atoms with Crippen molar-refractivity contribution in [1.29, 1.82) is 5.26 Å². The number of methoxy groups -OCH3 is 2. The molecule has 0 radical (unpaired) electrons. The van der Waals surface area contributed by atoms with Gasteiger partial charge in [0.1, 0.15) is 6.04 Å². The number of carbonyl (C=O) groups excluding carboxylic acids is 4. The van der Waals surface area contributed by atoms with Crippen molar-refractivity contribution in [3.63, 3.8) is 0 Å². The molecule has 1 saturated heterocycles. The number of likely N-dealkylation sites (N-methyl/N-ethyl adjacent to an activating group) is 3. The van der Waals surface area contributed by atoms with Gasteiger partial charge in [0.15, 0.2) is 0 Å². The molecule has 0 spiro atoms. The summed E-state index contributed by atoms with van der Waals surface area (Å²) in [7, 11) is 10.4. The summed E-state index contributed by atoms with van der Waals surface area (Å²) in [6.07, 6.45) is 4.11. The van der Waals surface area contributed by atoms with Crippen molar-refractivity contribution in [1.82, 2.24) is 24.9 Å². The van der Waals surface area contributed by atoms with Crippen LogP contribution in [0.3, 0.4) is 0 Å². The lowest BCUT2D eigenvalue weighted by Gasteiger charge is -2.46. The summed E-state index contributed by atoms with van der Waals surface area (Å²) in [5.41, 5.74) is 6.95. The van der Waals surface area contributed by atoms with Crippen molar-refractivity contribution in [3.8, 4) is 6.07 Å². The van der Waals surface area contributed by atoms with Crippen LogP contribution in [0.5, 0.6) is 0 Å². The average Bonchev–Trinajstić information content (AvgIpc) is 3.61. The van der Waals surface area contributed by atoms with Gasteiger partial charge in [0.05, 0.1) is 54.7 Å². The molecule has 0 unspecified atom stereocenters. The van der Waals surface area contributed by atoms with Crippen LogP contribution in [-0.4, -0.2) is 134 Å². The van der Waals surface area contributed by atoms with E-state index in [1.165, 1.54) is 0 Å². The van der Waals surface area contributed by atoms with Gasteiger partial charge in [-0.15, -0.1) is 0 Å². The Morgan fingerprint density at radius 1 is 1.02 bits per heavy atom. The van der Waals surface area contributed by atoms with Crippen LogP contribution in [0, 0.1) is 29.1 Å². The lowest BCUT2D eigenvalue weighted by atomic mass is 9.74. The fourth-order valence-corrected chi connectivity index (χ4v) is 8.64. The van der Waals surface area contributed by atoms with Gasteiger partial charge in [0.2, 0.25) is 23.6 Å². The molecule has 4 amide bonds. The normalized spacial score (nSPS) is 20.4. The minimum atomic E-state index is -0.740. The fraction of sp³-hybridized carbons (Fsp3) is 0.738. The van der Waals surface area contributed by atoms with Crippen molar-refractivity contribution < 1.29 is 28.7 Å². The summed E-state index contributed by atoms with van der Waals surface area (Å²) in [5.74, 6) is -1.41. The topological polar surface area (TPSA) is 162 Å². The van der Waals surface area contributed by atoms with Crippen molar-refractivity contribution >= 4 is 29.3 Å². The predicted octanol–water partition coefficient (Wildman–Crippen LogP) is 4.10. The number of anilines is 1. The monoisotopic (exact) mass is 768 g/mol. The van der Waals surface area contributed by atoms with E-state index < -0.39 is 35.7 Å². The molecule has 0 bridgehead atoms. The third-order valence-corrected chi connectivity index (χ3v) is 12.6. The Morgan fingerprint density at radius 3 is 2.20 bits per heavy atom.